The van der Waals surface area contributed by atoms with Crippen LogP contribution in [0.3, 0.4) is 0 Å². The van der Waals surface area contributed by atoms with E-state index < -0.39 is 6.10 Å². The number of rotatable bonds is 5. The highest BCUT2D eigenvalue weighted by Crippen LogP contribution is 2.36. The molecule has 2 unspecified atom stereocenters. The normalized spacial score (nSPS) is 18.3. The molecule has 1 aliphatic rings. The number of ether oxygens (including phenoxy) is 2. The van der Waals surface area contributed by atoms with Gasteiger partial charge >= 0.3 is 0 Å². The summed E-state index contributed by atoms with van der Waals surface area (Å²) in [6.45, 7) is 3.65. The molecule has 0 radical (unpaired) electrons. The van der Waals surface area contributed by atoms with E-state index in [1.165, 1.54) is 22.2 Å². The molecule has 0 bridgehead atoms. The van der Waals surface area contributed by atoms with Crippen LogP contribution in [0.4, 0.5) is 0 Å². The SMILES string of the molecule is COc1ccc(OC)c(C(O)CN2CCc3c([nH]c4ccccc34)C2C)c1. The lowest BCUT2D eigenvalue weighted by molar-refractivity contribution is 0.0837. The second-order valence-corrected chi connectivity index (χ2v) is 7.11. The number of aliphatic hydroxyl groups is 1. The van der Waals surface area contributed by atoms with Crippen molar-refractivity contribution in [2.45, 2.75) is 25.5 Å². The van der Waals surface area contributed by atoms with Crippen molar-refractivity contribution in [3.63, 3.8) is 0 Å². The molecule has 142 valence electrons. The van der Waals surface area contributed by atoms with E-state index >= 15 is 0 Å². The number of H-pyrrole nitrogens is 1. The van der Waals surface area contributed by atoms with E-state index in [-0.39, 0.29) is 6.04 Å². The van der Waals surface area contributed by atoms with Crippen LogP contribution in [0.2, 0.25) is 0 Å². The zero-order chi connectivity index (χ0) is 19.0. The number of aliphatic hydroxyl groups excluding tert-OH is 1. The molecular formula is C22H26N2O3. The van der Waals surface area contributed by atoms with Crippen LogP contribution in [0.15, 0.2) is 42.5 Å². The Kier molecular flexibility index (Phi) is 4.81. The third-order valence-electron chi connectivity index (χ3n) is 5.66. The Morgan fingerprint density at radius 2 is 2.00 bits per heavy atom. The first-order valence-electron chi connectivity index (χ1n) is 9.36. The predicted molar refractivity (Wildman–Crippen MR) is 106 cm³/mol. The van der Waals surface area contributed by atoms with Crippen molar-refractivity contribution in [2.24, 2.45) is 0 Å². The fourth-order valence-electron chi connectivity index (χ4n) is 4.15. The molecule has 2 atom stereocenters. The van der Waals surface area contributed by atoms with E-state index in [9.17, 15) is 5.11 Å². The Labute approximate surface area is 159 Å². The predicted octanol–water partition coefficient (Wildman–Crippen LogP) is 3.84. The second-order valence-electron chi connectivity index (χ2n) is 7.11. The molecule has 0 amide bonds. The van der Waals surface area contributed by atoms with Gasteiger partial charge in [0.15, 0.2) is 0 Å². The van der Waals surface area contributed by atoms with Crippen molar-refractivity contribution >= 4 is 10.9 Å². The third-order valence-corrected chi connectivity index (χ3v) is 5.66. The van der Waals surface area contributed by atoms with Gasteiger partial charge in [0.1, 0.15) is 11.5 Å². The molecule has 0 fully saturated rings. The van der Waals surface area contributed by atoms with Crippen molar-refractivity contribution < 1.29 is 14.6 Å². The fraction of sp³-hybridized carbons (Fsp3) is 0.364. The minimum atomic E-state index is -0.650. The largest absolute Gasteiger partial charge is 0.497 e. The van der Waals surface area contributed by atoms with Crippen LogP contribution in [0, 0.1) is 0 Å². The highest BCUT2D eigenvalue weighted by Gasteiger charge is 2.29. The average Bonchev–Trinajstić information content (AvgIpc) is 3.09. The third kappa shape index (κ3) is 3.17. The lowest BCUT2D eigenvalue weighted by Gasteiger charge is -2.35. The van der Waals surface area contributed by atoms with E-state index in [1.54, 1.807) is 14.2 Å². The summed E-state index contributed by atoms with van der Waals surface area (Å²) < 4.78 is 10.7. The lowest BCUT2D eigenvalue weighted by atomic mass is 9.97. The first-order valence-corrected chi connectivity index (χ1v) is 9.36. The molecule has 4 rings (SSSR count). The van der Waals surface area contributed by atoms with Gasteiger partial charge in [0.2, 0.25) is 0 Å². The summed E-state index contributed by atoms with van der Waals surface area (Å²) in [6.07, 6.45) is 0.328. The smallest absolute Gasteiger partial charge is 0.124 e. The van der Waals surface area contributed by atoms with Crippen LogP contribution >= 0.6 is 0 Å². The molecule has 0 aliphatic carbocycles. The molecule has 5 nitrogen and oxygen atoms in total. The van der Waals surface area contributed by atoms with E-state index in [0.29, 0.717) is 12.3 Å². The van der Waals surface area contributed by atoms with E-state index in [0.717, 1.165) is 24.3 Å². The molecule has 2 aromatic carbocycles. The van der Waals surface area contributed by atoms with Gasteiger partial charge in [-0.05, 0) is 43.2 Å². The number of benzene rings is 2. The van der Waals surface area contributed by atoms with Crippen LogP contribution < -0.4 is 9.47 Å². The van der Waals surface area contributed by atoms with Crippen molar-refractivity contribution in [2.75, 3.05) is 27.3 Å². The Hall–Kier alpha value is -2.50. The number of aromatic amines is 1. The number of hydrogen-bond acceptors (Lipinski definition) is 4. The maximum absolute atomic E-state index is 10.9. The first kappa shape index (κ1) is 17.9. The van der Waals surface area contributed by atoms with Gasteiger partial charge in [-0.15, -0.1) is 0 Å². The standard InChI is InChI=1S/C22H26N2O3/c1-14-22-17(16-6-4-5-7-19(16)23-22)10-11-24(14)13-20(25)18-12-15(26-2)8-9-21(18)27-3/h4-9,12,14,20,23,25H,10-11,13H2,1-3H3. The molecule has 1 aromatic heterocycles. The topological polar surface area (TPSA) is 57.7 Å². The van der Waals surface area contributed by atoms with Gasteiger partial charge in [0.05, 0.1) is 20.3 Å². The molecule has 2 heterocycles. The van der Waals surface area contributed by atoms with Crippen LogP contribution in [-0.4, -0.2) is 42.3 Å². The summed E-state index contributed by atoms with van der Waals surface area (Å²) in [5, 5.41) is 12.2. The highest BCUT2D eigenvalue weighted by molar-refractivity contribution is 5.85. The van der Waals surface area contributed by atoms with Gasteiger partial charge < -0.3 is 19.6 Å². The summed E-state index contributed by atoms with van der Waals surface area (Å²) in [7, 11) is 3.25. The van der Waals surface area contributed by atoms with Gasteiger partial charge in [-0.25, -0.2) is 0 Å². The summed E-state index contributed by atoms with van der Waals surface area (Å²) in [5.74, 6) is 1.40. The average molecular weight is 366 g/mol. The number of methoxy groups -OCH3 is 2. The van der Waals surface area contributed by atoms with Crippen LogP contribution in [0.5, 0.6) is 11.5 Å². The minimum absolute atomic E-state index is 0.215. The fourth-order valence-corrected chi connectivity index (χ4v) is 4.15. The summed E-state index contributed by atoms with van der Waals surface area (Å²) in [5.41, 5.74) is 4.60. The molecule has 3 aromatic rings. The number of nitrogens with zero attached hydrogens (tertiary/aromatic N) is 1. The molecule has 0 saturated carbocycles. The van der Waals surface area contributed by atoms with Crippen molar-refractivity contribution in [3.05, 3.63) is 59.3 Å². The maximum atomic E-state index is 10.9. The number of nitrogens with one attached hydrogen (secondary N) is 1. The van der Waals surface area contributed by atoms with Crippen molar-refractivity contribution in [1.82, 2.24) is 9.88 Å². The molecule has 27 heavy (non-hydrogen) atoms. The summed E-state index contributed by atoms with van der Waals surface area (Å²) in [4.78, 5) is 5.90. The maximum Gasteiger partial charge on any atom is 0.124 e. The highest BCUT2D eigenvalue weighted by atomic mass is 16.5. The van der Waals surface area contributed by atoms with E-state index in [2.05, 4.69) is 41.1 Å². The second kappa shape index (κ2) is 7.25. The van der Waals surface area contributed by atoms with Gasteiger partial charge in [0.25, 0.3) is 0 Å². The number of para-hydroxylation sites is 1. The molecule has 0 saturated heterocycles. The zero-order valence-corrected chi connectivity index (χ0v) is 16.0. The molecular weight excluding hydrogens is 340 g/mol. The Bertz CT molecular complexity index is 950. The van der Waals surface area contributed by atoms with Gasteiger partial charge in [-0.2, -0.15) is 0 Å². The lowest BCUT2D eigenvalue weighted by Crippen LogP contribution is -2.37. The van der Waals surface area contributed by atoms with Gasteiger partial charge in [0, 0.05) is 41.3 Å². The molecule has 0 spiro atoms. The van der Waals surface area contributed by atoms with Crippen LogP contribution in [0.1, 0.15) is 35.9 Å². The van der Waals surface area contributed by atoms with E-state index in [4.69, 9.17) is 9.47 Å². The zero-order valence-electron chi connectivity index (χ0n) is 16.0. The minimum Gasteiger partial charge on any atom is -0.497 e. The quantitative estimate of drug-likeness (QED) is 0.720. The number of fused-ring (bicyclic) bond motifs is 3. The van der Waals surface area contributed by atoms with Crippen molar-refractivity contribution in [1.29, 1.82) is 0 Å². The Balaban J connectivity index is 1.58. The van der Waals surface area contributed by atoms with Gasteiger partial charge in [-0.3, -0.25) is 4.90 Å². The van der Waals surface area contributed by atoms with Gasteiger partial charge in [-0.1, -0.05) is 18.2 Å². The summed E-state index contributed by atoms with van der Waals surface area (Å²) >= 11 is 0. The number of hydrogen-bond donors (Lipinski definition) is 2. The Morgan fingerprint density at radius 3 is 2.78 bits per heavy atom. The first-order chi connectivity index (χ1) is 13.1. The molecule has 1 aliphatic heterocycles. The van der Waals surface area contributed by atoms with E-state index in [1.807, 2.05) is 18.2 Å². The number of aromatic nitrogens is 1. The van der Waals surface area contributed by atoms with Crippen LogP contribution in [-0.2, 0) is 6.42 Å². The van der Waals surface area contributed by atoms with Crippen molar-refractivity contribution in [3.8, 4) is 11.5 Å². The molecule has 5 heteroatoms. The Morgan fingerprint density at radius 1 is 1.19 bits per heavy atom. The molecule has 2 N–H and O–H groups in total. The monoisotopic (exact) mass is 366 g/mol. The number of β-amino-alcohol motifs (C(OH)–C–C–N with tert-alkyl or cyclic N) is 1. The summed E-state index contributed by atoms with van der Waals surface area (Å²) in [6, 6.07) is 14.2. The van der Waals surface area contributed by atoms with Crippen LogP contribution in [0.25, 0.3) is 10.9 Å².